The molecule has 3 nitrogen and oxygen atoms in total. The van der Waals surface area contributed by atoms with Gasteiger partial charge < -0.3 is 10.6 Å². The SMILES string of the molecule is CN=C(c1ccc2ccccc2c1)c1ccccc1NCNc1ccc2c(ccc3sc4ccccc4c32)c1-c1ccccc1. The van der Waals surface area contributed by atoms with Crippen molar-refractivity contribution in [3.8, 4) is 11.1 Å². The van der Waals surface area contributed by atoms with Crippen LogP contribution in [0.5, 0.6) is 0 Å². The molecular formula is C41H31N3S. The molecule has 0 aliphatic rings. The Kier molecular flexibility index (Phi) is 6.97. The highest BCUT2D eigenvalue weighted by atomic mass is 32.1. The Morgan fingerprint density at radius 2 is 1.31 bits per heavy atom. The molecule has 8 rings (SSSR count). The summed E-state index contributed by atoms with van der Waals surface area (Å²) in [6, 6.07) is 51.9. The molecule has 0 saturated heterocycles. The zero-order valence-corrected chi connectivity index (χ0v) is 25.7. The summed E-state index contributed by atoms with van der Waals surface area (Å²) in [7, 11) is 1.87. The number of hydrogen-bond donors (Lipinski definition) is 2. The van der Waals surface area contributed by atoms with E-state index in [0.717, 1.165) is 28.2 Å². The van der Waals surface area contributed by atoms with Crippen LogP contribution in [0.15, 0.2) is 151 Å². The smallest absolute Gasteiger partial charge is 0.0849 e. The van der Waals surface area contributed by atoms with Crippen molar-refractivity contribution in [2.45, 2.75) is 0 Å². The van der Waals surface area contributed by atoms with Gasteiger partial charge in [0.2, 0.25) is 0 Å². The summed E-state index contributed by atoms with van der Waals surface area (Å²) in [5.74, 6) is 0. The quantitative estimate of drug-likeness (QED) is 0.142. The maximum absolute atomic E-state index is 4.75. The molecule has 0 amide bonds. The van der Waals surface area contributed by atoms with Gasteiger partial charge in [0.1, 0.15) is 0 Å². The first-order chi connectivity index (χ1) is 22.3. The molecule has 8 aromatic rings. The second-order valence-corrected chi connectivity index (χ2v) is 12.3. The average Bonchev–Trinajstić information content (AvgIpc) is 3.48. The highest BCUT2D eigenvalue weighted by Gasteiger charge is 2.16. The Hall–Kier alpha value is -5.45. The van der Waals surface area contributed by atoms with Gasteiger partial charge in [0.25, 0.3) is 0 Å². The van der Waals surface area contributed by atoms with Gasteiger partial charge >= 0.3 is 0 Å². The summed E-state index contributed by atoms with van der Waals surface area (Å²) in [5, 5.41) is 15.0. The second-order valence-electron chi connectivity index (χ2n) is 11.2. The van der Waals surface area contributed by atoms with Crippen LogP contribution in [0.1, 0.15) is 11.1 Å². The van der Waals surface area contributed by atoms with Gasteiger partial charge in [-0.05, 0) is 57.4 Å². The van der Waals surface area contributed by atoms with Crippen molar-refractivity contribution in [2.75, 3.05) is 24.3 Å². The van der Waals surface area contributed by atoms with Gasteiger partial charge in [-0.2, -0.15) is 0 Å². The van der Waals surface area contributed by atoms with Gasteiger partial charge in [-0.15, -0.1) is 11.3 Å². The maximum Gasteiger partial charge on any atom is 0.0849 e. The van der Waals surface area contributed by atoms with Crippen molar-refractivity contribution < 1.29 is 0 Å². The van der Waals surface area contributed by atoms with Crippen LogP contribution in [0.4, 0.5) is 11.4 Å². The van der Waals surface area contributed by atoms with Gasteiger partial charge in [0.05, 0.1) is 12.4 Å². The fourth-order valence-corrected chi connectivity index (χ4v) is 7.63. The van der Waals surface area contributed by atoms with E-state index >= 15 is 0 Å². The highest BCUT2D eigenvalue weighted by Crippen LogP contribution is 2.43. The van der Waals surface area contributed by atoms with Crippen LogP contribution in [-0.2, 0) is 0 Å². The van der Waals surface area contributed by atoms with Crippen molar-refractivity contribution in [2.24, 2.45) is 4.99 Å². The van der Waals surface area contributed by atoms with E-state index in [1.807, 2.05) is 18.4 Å². The highest BCUT2D eigenvalue weighted by molar-refractivity contribution is 7.26. The van der Waals surface area contributed by atoms with E-state index in [0.29, 0.717) is 6.67 Å². The Balaban J connectivity index is 1.15. The molecule has 7 aromatic carbocycles. The van der Waals surface area contributed by atoms with Gasteiger partial charge in [0, 0.05) is 55.3 Å². The van der Waals surface area contributed by atoms with E-state index in [9.17, 15) is 0 Å². The van der Waals surface area contributed by atoms with E-state index in [1.54, 1.807) is 0 Å². The number of para-hydroxylation sites is 1. The zero-order valence-electron chi connectivity index (χ0n) is 24.9. The van der Waals surface area contributed by atoms with Crippen LogP contribution in [0.25, 0.3) is 52.8 Å². The molecule has 4 heteroatoms. The van der Waals surface area contributed by atoms with E-state index in [1.165, 1.54) is 52.8 Å². The van der Waals surface area contributed by atoms with Gasteiger partial charge in [-0.3, -0.25) is 4.99 Å². The number of aliphatic imine (C=N–C) groups is 1. The molecule has 1 heterocycles. The molecule has 0 atom stereocenters. The molecular weight excluding hydrogens is 567 g/mol. The lowest BCUT2D eigenvalue weighted by atomic mass is 9.94. The van der Waals surface area contributed by atoms with Gasteiger partial charge in [-0.1, -0.05) is 115 Å². The normalized spacial score (nSPS) is 11.9. The molecule has 45 heavy (non-hydrogen) atoms. The molecule has 216 valence electrons. The molecule has 0 radical (unpaired) electrons. The summed E-state index contributed by atoms with van der Waals surface area (Å²) in [4.78, 5) is 4.75. The summed E-state index contributed by atoms with van der Waals surface area (Å²) in [6.07, 6.45) is 0. The molecule has 0 spiro atoms. The van der Waals surface area contributed by atoms with Crippen molar-refractivity contribution in [1.82, 2.24) is 0 Å². The van der Waals surface area contributed by atoms with Crippen LogP contribution in [0.3, 0.4) is 0 Å². The van der Waals surface area contributed by atoms with Crippen LogP contribution in [0, 0.1) is 0 Å². The third kappa shape index (κ3) is 4.90. The van der Waals surface area contributed by atoms with Crippen molar-refractivity contribution in [3.63, 3.8) is 0 Å². The summed E-state index contributed by atoms with van der Waals surface area (Å²) >= 11 is 1.86. The fourth-order valence-electron chi connectivity index (χ4n) is 6.51. The maximum atomic E-state index is 4.75. The summed E-state index contributed by atoms with van der Waals surface area (Å²) in [5.41, 5.74) is 7.68. The predicted molar refractivity (Wildman–Crippen MR) is 196 cm³/mol. The first-order valence-corrected chi connectivity index (χ1v) is 16.1. The molecule has 1 aromatic heterocycles. The molecule has 2 N–H and O–H groups in total. The lowest BCUT2D eigenvalue weighted by Gasteiger charge is -2.18. The molecule has 0 bridgehead atoms. The average molecular weight is 598 g/mol. The number of thiophene rings is 1. The third-order valence-electron chi connectivity index (χ3n) is 8.59. The summed E-state index contributed by atoms with van der Waals surface area (Å²) in [6.45, 7) is 0.556. The number of nitrogens with one attached hydrogen (secondary N) is 2. The van der Waals surface area contributed by atoms with E-state index in [2.05, 4.69) is 156 Å². The molecule has 0 aliphatic carbocycles. The summed E-state index contributed by atoms with van der Waals surface area (Å²) < 4.78 is 2.64. The third-order valence-corrected chi connectivity index (χ3v) is 9.72. The molecule has 0 unspecified atom stereocenters. The molecule has 0 saturated carbocycles. The van der Waals surface area contributed by atoms with Crippen molar-refractivity contribution in [1.29, 1.82) is 0 Å². The molecule has 0 fully saturated rings. The number of benzene rings is 7. The van der Waals surface area contributed by atoms with Crippen molar-refractivity contribution in [3.05, 3.63) is 157 Å². The monoisotopic (exact) mass is 597 g/mol. The number of anilines is 2. The molecule has 0 aliphatic heterocycles. The zero-order chi connectivity index (χ0) is 30.2. The van der Waals surface area contributed by atoms with Crippen LogP contribution in [-0.4, -0.2) is 19.4 Å². The number of nitrogens with zero attached hydrogens (tertiary/aromatic N) is 1. The largest absolute Gasteiger partial charge is 0.367 e. The number of hydrogen-bond acceptors (Lipinski definition) is 4. The number of fused-ring (bicyclic) bond motifs is 6. The standard InChI is InChI=1S/C41H31N3S/c1-42-41(30-20-19-27-11-5-6-14-29(27)25-30)33-15-7-9-17-35(33)43-26-44-36-23-21-32-31(39(36)28-12-3-2-4-13-28)22-24-38-40(32)34-16-8-10-18-37(34)45-38/h2-25,43-44H,26H2,1H3. The van der Waals surface area contributed by atoms with E-state index in [4.69, 9.17) is 4.99 Å². The minimum atomic E-state index is 0.556. The van der Waals surface area contributed by atoms with Crippen molar-refractivity contribution >= 4 is 70.1 Å². The Morgan fingerprint density at radius 3 is 2.20 bits per heavy atom. The first kappa shape index (κ1) is 27.1. The first-order valence-electron chi connectivity index (χ1n) is 15.2. The van der Waals surface area contributed by atoms with Crippen LogP contribution >= 0.6 is 11.3 Å². The minimum absolute atomic E-state index is 0.556. The van der Waals surface area contributed by atoms with Crippen LogP contribution < -0.4 is 10.6 Å². The Bertz CT molecular complexity index is 2370. The Morgan fingerprint density at radius 1 is 0.578 bits per heavy atom. The topological polar surface area (TPSA) is 36.4 Å². The predicted octanol–water partition coefficient (Wildman–Crippen LogP) is 11.0. The number of rotatable bonds is 7. The van der Waals surface area contributed by atoms with Crippen LogP contribution in [0.2, 0.25) is 0 Å². The van der Waals surface area contributed by atoms with Gasteiger partial charge in [0.15, 0.2) is 0 Å². The lowest BCUT2D eigenvalue weighted by Crippen LogP contribution is -2.15. The van der Waals surface area contributed by atoms with E-state index < -0.39 is 0 Å². The minimum Gasteiger partial charge on any atom is -0.367 e. The van der Waals surface area contributed by atoms with E-state index in [-0.39, 0.29) is 0 Å². The second kappa shape index (κ2) is 11.6. The fraction of sp³-hybridized carbons (Fsp3) is 0.0488. The lowest BCUT2D eigenvalue weighted by molar-refractivity contribution is 1.21. The van der Waals surface area contributed by atoms with Gasteiger partial charge in [-0.25, -0.2) is 0 Å². The Labute approximate surface area is 266 Å².